The van der Waals surface area contributed by atoms with Gasteiger partial charge in [-0.3, -0.25) is 4.79 Å². The Hall–Kier alpha value is -3.52. The second kappa shape index (κ2) is 11.0. The van der Waals surface area contributed by atoms with Crippen molar-refractivity contribution in [3.8, 4) is 11.4 Å². The van der Waals surface area contributed by atoms with Crippen molar-refractivity contribution in [1.29, 1.82) is 0 Å². The third-order valence-corrected chi connectivity index (χ3v) is 8.67. The van der Waals surface area contributed by atoms with Crippen molar-refractivity contribution in [2.75, 3.05) is 37.7 Å². The Kier molecular flexibility index (Phi) is 7.45. The number of benzene rings is 2. The Balaban J connectivity index is 1.15. The number of piperazine rings is 1. The van der Waals surface area contributed by atoms with Crippen LogP contribution >= 0.6 is 0 Å². The van der Waals surface area contributed by atoms with Crippen LogP contribution in [0.3, 0.4) is 0 Å². The van der Waals surface area contributed by atoms with Gasteiger partial charge in [0.25, 0.3) is 0 Å². The molecule has 0 bridgehead atoms. The summed E-state index contributed by atoms with van der Waals surface area (Å²) in [7, 11) is 0. The van der Waals surface area contributed by atoms with Gasteiger partial charge in [0.1, 0.15) is 34.4 Å². The van der Waals surface area contributed by atoms with Crippen molar-refractivity contribution < 1.29 is 22.5 Å². The molecule has 6 rings (SSSR count). The highest BCUT2D eigenvalue weighted by molar-refractivity contribution is 7.87. The van der Waals surface area contributed by atoms with Gasteiger partial charge in [0, 0.05) is 31.5 Å². The molecule has 1 unspecified atom stereocenters. The molecular weight excluding hydrogens is 554 g/mol. The van der Waals surface area contributed by atoms with Crippen LogP contribution in [0.15, 0.2) is 51.8 Å². The summed E-state index contributed by atoms with van der Waals surface area (Å²) in [6, 6.07) is 8.52. The first-order valence-electron chi connectivity index (χ1n) is 13.4. The van der Waals surface area contributed by atoms with Gasteiger partial charge in [-0.05, 0) is 42.7 Å². The first-order valence-corrected chi connectivity index (χ1v) is 14.5. The molecule has 41 heavy (non-hydrogen) atoms. The van der Waals surface area contributed by atoms with Gasteiger partial charge in [-0.25, -0.2) is 13.8 Å². The molecule has 13 heteroatoms. The topological polar surface area (TPSA) is 112 Å². The van der Waals surface area contributed by atoms with Gasteiger partial charge >= 0.3 is 5.56 Å². The number of fused-ring (bicyclic) bond motifs is 1. The summed E-state index contributed by atoms with van der Waals surface area (Å²) in [5.74, 6) is -0.935. The van der Waals surface area contributed by atoms with E-state index in [1.165, 1.54) is 6.20 Å². The normalized spacial score (nSPS) is 17.6. The van der Waals surface area contributed by atoms with E-state index in [0.717, 1.165) is 46.8 Å². The number of hydrogen-bond donors (Lipinski definition) is 1. The molecule has 1 atom stereocenters. The Morgan fingerprint density at radius 2 is 1.85 bits per heavy atom. The number of oxazole rings is 1. The summed E-state index contributed by atoms with van der Waals surface area (Å²) in [6.07, 6.45) is 3.49. The lowest BCUT2D eigenvalue weighted by Crippen LogP contribution is -2.52. The molecule has 2 aromatic carbocycles. The first kappa shape index (κ1) is 27.6. The second-order valence-corrected chi connectivity index (χ2v) is 12.1. The maximum absolute atomic E-state index is 13.9. The summed E-state index contributed by atoms with van der Waals surface area (Å²) in [5.41, 5.74) is 2.28. The Bertz CT molecular complexity index is 1610. The minimum Gasteiger partial charge on any atom is -0.579 e. The Morgan fingerprint density at radius 3 is 2.56 bits per heavy atom. The predicted molar refractivity (Wildman–Crippen MR) is 150 cm³/mol. The average Bonchev–Trinajstić information content (AvgIpc) is 3.56. The lowest BCUT2D eigenvalue weighted by atomic mass is 10.2. The van der Waals surface area contributed by atoms with Crippen molar-refractivity contribution >= 4 is 28.3 Å². The van der Waals surface area contributed by atoms with E-state index in [-0.39, 0.29) is 16.9 Å². The van der Waals surface area contributed by atoms with Crippen molar-refractivity contribution in [3.63, 3.8) is 0 Å². The van der Waals surface area contributed by atoms with Gasteiger partial charge in [-0.15, -0.1) is 9.03 Å². The molecule has 4 aromatic rings. The van der Waals surface area contributed by atoms with Gasteiger partial charge in [0.2, 0.25) is 5.75 Å². The van der Waals surface area contributed by atoms with Crippen molar-refractivity contribution in [3.05, 3.63) is 76.0 Å². The zero-order chi connectivity index (χ0) is 28.7. The molecular formula is C28H30F2N6O4S. The zero-order valence-electron chi connectivity index (χ0n) is 22.7. The SMILES string of the molecule is Cc1nc2ccc(CN[S+]([O-])N3CCN(c4cnn(-c5cc(F)cc(F)c5)c(=O)c4OCC4(C)CC4)CC3)cc2o1. The number of hydrogen-bond acceptors (Lipinski definition) is 9. The molecule has 2 aliphatic rings. The quantitative estimate of drug-likeness (QED) is 0.295. The van der Waals surface area contributed by atoms with Crippen molar-refractivity contribution in [1.82, 2.24) is 23.8 Å². The van der Waals surface area contributed by atoms with E-state index in [0.29, 0.717) is 56.5 Å². The summed E-state index contributed by atoms with van der Waals surface area (Å²) >= 11 is -1.43. The lowest BCUT2D eigenvalue weighted by molar-refractivity contribution is 0.242. The van der Waals surface area contributed by atoms with E-state index in [9.17, 15) is 18.1 Å². The molecule has 2 fully saturated rings. The third-order valence-electron chi connectivity index (χ3n) is 7.45. The van der Waals surface area contributed by atoms with Crippen LogP contribution in [0.25, 0.3) is 16.8 Å². The molecule has 1 aliphatic carbocycles. The van der Waals surface area contributed by atoms with E-state index >= 15 is 0 Å². The summed E-state index contributed by atoms with van der Waals surface area (Å²) in [5, 5.41) is 4.22. The maximum atomic E-state index is 13.9. The van der Waals surface area contributed by atoms with Crippen LogP contribution in [0.1, 0.15) is 31.2 Å². The predicted octanol–water partition coefficient (Wildman–Crippen LogP) is 3.63. The number of anilines is 1. The van der Waals surface area contributed by atoms with E-state index in [1.807, 2.05) is 27.4 Å². The minimum absolute atomic E-state index is 0.000842. The number of aryl methyl sites for hydroxylation is 1. The molecule has 1 saturated heterocycles. The van der Waals surface area contributed by atoms with Crippen LogP contribution in [-0.4, -0.2) is 56.4 Å². The highest BCUT2D eigenvalue weighted by Crippen LogP contribution is 2.45. The van der Waals surface area contributed by atoms with Crippen LogP contribution in [0.4, 0.5) is 14.5 Å². The summed E-state index contributed by atoms with van der Waals surface area (Å²) in [6.45, 7) is 6.51. The van der Waals surface area contributed by atoms with Crippen LogP contribution < -0.4 is 19.9 Å². The van der Waals surface area contributed by atoms with Crippen molar-refractivity contribution in [2.45, 2.75) is 33.2 Å². The Labute approximate surface area is 238 Å². The number of nitrogens with zero attached hydrogens (tertiary/aromatic N) is 5. The van der Waals surface area contributed by atoms with E-state index in [4.69, 9.17) is 9.15 Å². The number of aromatic nitrogens is 3. The van der Waals surface area contributed by atoms with Gasteiger partial charge < -0.3 is 18.6 Å². The van der Waals surface area contributed by atoms with Crippen LogP contribution in [0, 0.1) is 24.0 Å². The molecule has 0 spiro atoms. The summed E-state index contributed by atoms with van der Waals surface area (Å²) in [4.78, 5) is 19.8. The van der Waals surface area contributed by atoms with Gasteiger partial charge in [0.15, 0.2) is 11.5 Å². The molecule has 1 N–H and O–H groups in total. The van der Waals surface area contributed by atoms with Crippen molar-refractivity contribution in [2.24, 2.45) is 5.41 Å². The van der Waals surface area contributed by atoms with Crippen LogP contribution in [0.2, 0.25) is 0 Å². The molecule has 3 heterocycles. The monoisotopic (exact) mass is 584 g/mol. The number of halogens is 2. The highest BCUT2D eigenvalue weighted by Gasteiger charge is 2.39. The zero-order valence-corrected chi connectivity index (χ0v) is 23.5. The lowest BCUT2D eigenvalue weighted by Gasteiger charge is -2.35. The molecule has 216 valence electrons. The molecule has 10 nitrogen and oxygen atoms in total. The Morgan fingerprint density at radius 1 is 1.12 bits per heavy atom. The van der Waals surface area contributed by atoms with Crippen LogP contribution in [-0.2, 0) is 18.1 Å². The smallest absolute Gasteiger partial charge is 0.316 e. The van der Waals surface area contributed by atoms with Crippen LogP contribution in [0.5, 0.6) is 5.75 Å². The molecule has 1 aliphatic heterocycles. The third kappa shape index (κ3) is 6.08. The number of nitrogens with one attached hydrogen (secondary N) is 1. The highest BCUT2D eigenvalue weighted by atomic mass is 32.2. The second-order valence-electron chi connectivity index (χ2n) is 10.8. The number of ether oxygens (including phenoxy) is 1. The fraction of sp³-hybridized carbons (Fsp3) is 0.393. The average molecular weight is 585 g/mol. The molecule has 0 radical (unpaired) electrons. The standard InChI is InChI=1S/C28H30F2N6O4S/c1-18-33-23-4-3-19(11-25(23)40-18)15-32-41(38)35-9-7-34(8-10-35)24-16-31-36(22-13-20(29)12-21(30)14-22)27(37)26(24)39-17-28(2)5-6-28/h3-4,11-14,16,32H,5-10,15,17H2,1-2H3. The number of rotatable bonds is 9. The summed E-state index contributed by atoms with van der Waals surface area (Å²) < 4.78 is 58.2. The fourth-order valence-corrected chi connectivity index (χ4v) is 5.73. The van der Waals surface area contributed by atoms with E-state index < -0.39 is 28.7 Å². The van der Waals surface area contributed by atoms with E-state index in [1.54, 1.807) is 6.92 Å². The largest absolute Gasteiger partial charge is 0.579 e. The van der Waals surface area contributed by atoms with Gasteiger partial charge in [-0.2, -0.15) is 9.78 Å². The molecule has 2 aromatic heterocycles. The maximum Gasteiger partial charge on any atom is 0.316 e. The molecule has 0 amide bonds. The first-order chi connectivity index (χ1) is 19.7. The van der Waals surface area contributed by atoms with Gasteiger partial charge in [0.05, 0.1) is 38.1 Å². The molecule has 1 saturated carbocycles. The van der Waals surface area contributed by atoms with E-state index in [2.05, 4.69) is 21.7 Å². The fourth-order valence-electron chi connectivity index (χ4n) is 4.77. The van der Waals surface area contributed by atoms with Gasteiger partial charge in [-0.1, -0.05) is 13.0 Å². The minimum atomic E-state index is -1.43.